The lowest BCUT2D eigenvalue weighted by molar-refractivity contribution is 0.431. The molecule has 8 nitrogen and oxygen atoms in total. The van der Waals surface area contributed by atoms with Crippen LogP contribution in [0.1, 0.15) is 11.3 Å². The highest BCUT2D eigenvalue weighted by Crippen LogP contribution is 2.25. The third kappa shape index (κ3) is 3.30. The van der Waals surface area contributed by atoms with Crippen molar-refractivity contribution in [3.8, 4) is 11.8 Å². The van der Waals surface area contributed by atoms with E-state index in [-0.39, 0.29) is 6.01 Å². The number of aromatic amines is 1. The van der Waals surface area contributed by atoms with Crippen LogP contribution in [-0.2, 0) is 4.43 Å². The molecule has 0 amide bonds. The molecule has 3 rings (SSSR count). The van der Waals surface area contributed by atoms with Crippen LogP contribution in [0.4, 0.5) is 11.6 Å². The maximum absolute atomic E-state index is 5.72. The minimum atomic E-state index is 0.170. The Bertz CT molecular complexity index is 776. The molecule has 0 unspecified atom stereocenters. The van der Waals surface area contributed by atoms with Gasteiger partial charge in [-0.25, -0.2) is 0 Å². The average molecular weight is 409 g/mol. The van der Waals surface area contributed by atoms with Gasteiger partial charge in [-0.05, 0) is 13.0 Å². The van der Waals surface area contributed by atoms with Crippen LogP contribution >= 0.6 is 22.6 Å². The second kappa shape index (κ2) is 6.64. The predicted molar refractivity (Wildman–Crippen MR) is 88.5 cm³/mol. The van der Waals surface area contributed by atoms with E-state index in [1.807, 2.05) is 31.2 Å². The quantitative estimate of drug-likeness (QED) is 0.494. The van der Waals surface area contributed by atoms with Gasteiger partial charge in [-0.2, -0.15) is 20.4 Å². The van der Waals surface area contributed by atoms with Crippen LogP contribution in [0.2, 0.25) is 0 Å². The largest absolute Gasteiger partial charge is 0.423 e. The van der Waals surface area contributed by atoms with Gasteiger partial charge in [0.05, 0.1) is 6.20 Å². The van der Waals surface area contributed by atoms with E-state index in [9.17, 15) is 0 Å². The lowest BCUT2D eigenvalue weighted by atomic mass is 10.2. The van der Waals surface area contributed by atoms with Gasteiger partial charge in [0.1, 0.15) is 11.4 Å². The second-order valence-electron chi connectivity index (χ2n) is 4.35. The summed E-state index contributed by atoms with van der Waals surface area (Å²) in [6.45, 7) is 1.83. The van der Waals surface area contributed by atoms with Gasteiger partial charge in [-0.3, -0.25) is 0 Å². The van der Waals surface area contributed by atoms with Crippen molar-refractivity contribution in [1.29, 1.82) is 0 Å². The van der Waals surface area contributed by atoms with Crippen LogP contribution in [-0.4, -0.2) is 30.6 Å². The van der Waals surface area contributed by atoms with Crippen molar-refractivity contribution in [2.75, 3.05) is 5.32 Å². The molecular weight excluding hydrogens is 397 g/mol. The number of hydrogen-bond donors (Lipinski definition) is 2. The van der Waals surface area contributed by atoms with Crippen LogP contribution in [0.5, 0.6) is 11.8 Å². The van der Waals surface area contributed by atoms with Gasteiger partial charge in [-0.1, -0.05) is 45.9 Å². The number of alkyl halides is 1. The number of rotatable bonds is 5. The van der Waals surface area contributed by atoms with Crippen LogP contribution in [0.15, 0.2) is 30.5 Å². The molecule has 0 saturated heterocycles. The zero-order valence-electron chi connectivity index (χ0n) is 11.6. The van der Waals surface area contributed by atoms with Crippen molar-refractivity contribution in [3.05, 3.63) is 41.7 Å². The Kier molecular flexibility index (Phi) is 4.42. The predicted octanol–water partition coefficient (Wildman–Crippen LogP) is 2.77. The minimum absolute atomic E-state index is 0.170. The molecule has 0 spiro atoms. The lowest BCUT2D eigenvalue weighted by Gasteiger charge is -2.08. The highest BCUT2D eigenvalue weighted by Gasteiger charge is 2.09. The third-order valence-electron chi connectivity index (χ3n) is 2.83. The summed E-state index contributed by atoms with van der Waals surface area (Å²) < 4.78 is 6.55. The molecule has 22 heavy (non-hydrogen) atoms. The second-order valence-corrected chi connectivity index (χ2v) is 5.11. The highest BCUT2D eigenvalue weighted by molar-refractivity contribution is 14.1. The number of halogens is 1. The number of nitrogens with zero attached hydrogens (tertiary/aromatic N) is 5. The number of aryl methyl sites for hydroxylation is 1. The number of ether oxygens (including phenoxy) is 1. The van der Waals surface area contributed by atoms with Crippen LogP contribution < -0.4 is 10.1 Å². The van der Waals surface area contributed by atoms with Crippen LogP contribution in [0, 0.1) is 6.92 Å². The fourth-order valence-electron chi connectivity index (χ4n) is 1.73. The molecule has 0 bridgehead atoms. The number of para-hydroxylation sites is 1. The van der Waals surface area contributed by atoms with E-state index in [1.54, 1.807) is 0 Å². The lowest BCUT2D eigenvalue weighted by Crippen LogP contribution is -2.01. The Balaban J connectivity index is 1.81. The molecule has 9 heteroatoms. The monoisotopic (exact) mass is 409 g/mol. The maximum atomic E-state index is 5.72. The first-order chi connectivity index (χ1) is 10.8. The maximum Gasteiger partial charge on any atom is 0.343 e. The number of aromatic nitrogens is 6. The number of H-pyrrole nitrogens is 1. The Morgan fingerprint density at radius 3 is 2.91 bits per heavy atom. The molecule has 0 saturated carbocycles. The van der Waals surface area contributed by atoms with Crippen molar-refractivity contribution < 1.29 is 4.74 Å². The molecule has 0 aliphatic carbocycles. The van der Waals surface area contributed by atoms with Crippen LogP contribution in [0.25, 0.3) is 0 Å². The van der Waals surface area contributed by atoms with Gasteiger partial charge < -0.3 is 10.1 Å². The fourth-order valence-corrected chi connectivity index (χ4v) is 2.36. The number of anilines is 2. The van der Waals surface area contributed by atoms with Gasteiger partial charge in [0.25, 0.3) is 0 Å². The number of hydrogen-bond acceptors (Lipinski definition) is 7. The minimum Gasteiger partial charge on any atom is -0.423 e. The van der Waals surface area contributed by atoms with Crippen molar-refractivity contribution >= 4 is 34.2 Å². The summed E-state index contributed by atoms with van der Waals surface area (Å²) in [7, 11) is 0. The van der Waals surface area contributed by atoms with Gasteiger partial charge >= 0.3 is 6.01 Å². The Labute approximate surface area is 139 Å². The summed E-state index contributed by atoms with van der Waals surface area (Å²) in [5.74, 6) is 1.78. The normalized spacial score (nSPS) is 10.5. The Hall–Kier alpha value is -2.30. The molecule has 0 fully saturated rings. The average Bonchev–Trinajstić information content (AvgIpc) is 2.93. The summed E-state index contributed by atoms with van der Waals surface area (Å²) in [6.07, 6.45) is 1.49. The van der Waals surface area contributed by atoms with Crippen molar-refractivity contribution in [1.82, 2.24) is 30.6 Å². The topological polar surface area (TPSA) is 102 Å². The van der Waals surface area contributed by atoms with Gasteiger partial charge in [0, 0.05) is 9.99 Å². The molecule has 112 valence electrons. The standard InChI is InChI=1S/C13H12IN7O/c1-8-12(19-21-18-8)16-11-7-15-20-13(17-11)22-10-5-3-2-4-9(10)6-14/h2-5,7H,6H2,1H3,(H2,16,17,18,19,20,21). The third-order valence-corrected chi connectivity index (χ3v) is 3.65. The highest BCUT2D eigenvalue weighted by atomic mass is 127. The summed E-state index contributed by atoms with van der Waals surface area (Å²) in [6, 6.07) is 7.91. The van der Waals surface area contributed by atoms with Crippen molar-refractivity contribution in [2.24, 2.45) is 0 Å². The molecule has 0 atom stereocenters. The number of nitrogens with one attached hydrogen (secondary N) is 2. The molecule has 3 aromatic rings. The Morgan fingerprint density at radius 2 is 2.14 bits per heavy atom. The zero-order valence-corrected chi connectivity index (χ0v) is 13.8. The summed E-state index contributed by atoms with van der Waals surface area (Å²) >= 11 is 2.28. The van der Waals surface area contributed by atoms with E-state index in [4.69, 9.17) is 4.74 Å². The van der Waals surface area contributed by atoms with Crippen molar-refractivity contribution in [3.63, 3.8) is 0 Å². The van der Waals surface area contributed by atoms with E-state index in [2.05, 4.69) is 58.5 Å². The molecule has 2 aromatic heterocycles. The summed E-state index contributed by atoms with van der Waals surface area (Å²) in [5.41, 5.74) is 1.80. The first kappa shape index (κ1) is 14.6. The van der Waals surface area contributed by atoms with E-state index in [0.29, 0.717) is 17.4 Å². The molecule has 2 heterocycles. The zero-order chi connectivity index (χ0) is 15.4. The fraction of sp³-hybridized carbons (Fsp3) is 0.154. The van der Waals surface area contributed by atoms with Gasteiger partial charge in [0.15, 0.2) is 11.6 Å². The molecule has 0 aliphatic rings. The smallest absolute Gasteiger partial charge is 0.343 e. The van der Waals surface area contributed by atoms with E-state index in [1.165, 1.54) is 6.20 Å². The van der Waals surface area contributed by atoms with Gasteiger partial charge in [0.2, 0.25) is 0 Å². The van der Waals surface area contributed by atoms with Crippen molar-refractivity contribution in [2.45, 2.75) is 11.4 Å². The van der Waals surface area contributed by atoms with E-state index in [0.717, 1.165) is 15.7 Å². The number of benzene rings is 1. The first-order valence-corrected chi connectivity index (χ1v) is 7.94. The molecule has 0 radical (unpaired) electrons. The molecule has 1 aromatic carbocycles. The van der Waals surface area contributed by atoms with E-state index < -0.39 is 0 Å². The molecule has 2 N–H and O–H groups in total. The van der Waals surface area contributed by atoms with Crippen LogP contribution in [0.3, 0.4) is 0 Å². The van der Waals surface area contributed by atoms with Gasteiger partial charge in [-0.15, -0.1) is 5.10 Å². The van der Waals surface area contributed by atoms with E-state index >= 15 is 0 Å². The summed E-state index contributed by atoms with van der Waals surface area (Å²) in [4.78, 5) is 4.27. The first-order valence-electron chi connectivity index (χ1n) is 6.42. The molecular formula is C13H12IN7O. The summed E-state index contributed by atoms with van der Waals surface area (Å²) in [5, 5.41) is 21.2. The molecule has 0 aliphatic heterocycles. The Morgan fingerprint density at radius 1 is 1.27 bits per heavy atom. The SMILES string of the molecule is Cc1n[nH]nc1Nc1cnnc(Oc2ccccc2CI)n1.